The number of amides is 1. The Morgan fingerprint density at radius 2 is 1.81 bits per heavy atom. The van der Waals surface area contributed by atoms with Crippen LogP contribution in [0, 0.1) is 0 Å². The number of halogens is 2. The summed E-state index contributed by atoms with van der Waals surface area (Å²) in [5, 5.41) is 0.832. The maximum atomic E-state index is 13.4. The molecule has 5 rings (SSSR count). The summed E-state index contributed by atoms with van der Waals surface area (Å²) in [6.45, 7) is 3.29. The fourth-order valence-electron chi connectivity index (χ4n) is 4.46. The van der Waals surface area contributed by atoms with Gasteiger partial charge in [-0.3, -0.25) is 19.2 Å². The molecular formula is C23H25F2N5O. The molecule has 5 heterocycles. The Morgan fingerprint density at radius 1 is 1.03 bits per heavy atom. The largest absolute Gasteiger partial charge is 0.338 e. The van der Waals surface area contributed by atoms with Gasteiger partial charge in [0.25, 0.3) is 11.8 Å². The number of fused-ring (bicyclic) bond motifs is 1. The van der Waals surface area contributed by atoms with Crippen LogP contribution in [0.1, 0.15) is 41.6 Å². The predicted molar refractivity (Wildman–Crippen MR) is 113 cm³/mol. The van der Waals surface area contributed by atoms with Gasteiger partial charge < -0.3 is 4.90 Å². The lowest BCUT2D eigenvalue weighted by atomic mass is 10.1. The van der Waals surface area contributed by atoms with E-state index in [4.69, 9.17) is 0 Å². The maximum Gasteiger partial charge on any atom is 0.255 e. The van der Waals surface area contributed by atoms with Crippen LogP contribution >= 0.6 is 0 Å². The van der Waals surface area contributed by atoms with Gasteiger partial charge in [0.15, 0.2) is 0 Å². The quantitative estimate of drug-likeness (QED) is 0.637. The van der Waals surface area contributed by atoms with Crippen molar-refractivity contribution in [3.05, 3.63) is 54.1 Å². The van der Waals surface area contributed by atoms with Crippen molar-refractivity contribution in [1.29, 1.82) is 0 Å². The third-order valence-electron chi connectivity index (χ3n) is 6.22. The van der Waals surface area contributed by atoms with Gasteiger partial charge in [-0.05, 0) is 49.7 Å². The Labute approximate surface area is 179 Å². The molecule has 3 aromatic heterocycles. The van der Waals surface area contributed by atoms with Gasteiger partial charge in [-0.15, -0.1) is 0 Å². The molecule has 2 saturated heterocycles. The SMILES string of the molecule is O=C(c1cnc2c(ccn2-c2cncc(CN3CCCC3)c2)c1)N1CCC(F)(F)CC1. The van der Waals surface area contributed by atoms with Gasteiger partial charge in [0.1, 0.15) is 5.65 Å². The molecule has 0 aliphatic carbocycles. The molecule has 0 saturated carbocycles. The van der Waals surface area contributed by atoms with Gasteiger partial charge in [0.05, 0.1) is 17.4 Å². The number of hydrogen-bond donors (Lipinski definition) is 0. The lowest BCUT2D eigenvalue weighted by Crippen LogP contribution is -2.42. The number of nitrogens with zero attached hydrogens (tertiary/aromatic N) is 5. The Morgan fingerprint density at radius 3 is 2.58 bits per heavy atom. The Hall–Kier alpha value is -2.87. The van der Waals surface area contributed by atoms with E-state index in [0.717, 1.165) is 41.9 Å². The summed E-state index contributed by atoms with van der Waals surface area (Å²) < 4.78 is 28.8. The van der Waals surface area contributed by atoms with E-state index in [1.807, 2.05) is 29.2 Å². The summed E-state index contributed by atoms with van der Waals surface area (Å²) in [7, 11) is 0. The first-order chi connectivity index (χ1) is 15.0. The molecule has 8 heteroatoms. The summed E-state index contributed by atoms with van der Waals surface area (Å²) in [6, 6.07) is 5.82. The molecular weight excluding hydrogens is 400 g/mol. The molecule has 0 bridgehead atoms. The smallest absolute Gasteiger partial charge is 0.255 e. The number of likely N-dealkylation sites (tertiary alicyclic amines) is 2. The number of pyridine rings is 2. The molecule has 0 aromatic carbocycles. The molecule has 0 radical (unpaired) electrons. The second-order valence-electron chi connectivity index (χ2n) is 8.51. The monoisotopic (exact) mass is 425 g/mol. The van der Waals surface area contributed by atoms with E-state index in [9.17, 15) is 13.6 Å². The fourth-order valence-corrected chi connectivity index (χ4v) is 4.46. The molecule has 6 nitrogen and oxygen atoms in total. The summed E-state index contributed by atoms with van der Waals surface area (Å²) in [4.78, 5) is 25.6. The van der Waals surface area contributed by atoms with E-state index in [0.29, 0.717) is 5.56 Å². The molecule has 162 valence electrons. The summed E-state index contributed by atoms with van der Waals surface area (Å²) >= 11 is 0. The number of piperidine rings is 1. The fraction of sp³-hybridized carbons (Fsp3) is 0.435. The first-order valence-corrected chi connectivity index (χ1v) is 10.8. The maximum absolute atomic E-state index is 13.4. The number of carbonyl (C=O) groups is 1. The van der Waals surface area contributed by atoms with Crippen LogP contribution in [0.15, 0.2) is 43.0 Å². The van der Waals surface area contributed by atoms with Crippen molar-refractivity contribution in [3.63, 3.8) is 0 Å². The third-order valence-corrected chi connectivity index (χ3v) is 6.22. The van der Waals surface area contributed by atoms with Crippen molar-refractivity contribution < 1.29 is 13.6 Å². The molecule has 1 amide bonds. The third kappa shape index (κ3) is 4.17. The highest BCUT2D eigenvalue weighted by Crippen LogP contribution is 2.29. The lowest BCUT2D eigenvalue weighted by molar-refractivity contribution is -0.0494. The van der Waals surface area contributed by atoms with Crippen LogP contribution in [0.5, 0.6) is 0 Å². The topological polar surface area (TPSA) is 54.3 Å². The second kappa shape index (κ2) is 8.00. The number of aromatic nitrogens is 3. The van der Waals surface area contributed by atoms with Crippen LogP contribution in [0.2, 0.25) is 0 Å². The van der Waals surface area contributed by atoms with Gasteiger partial charge in [0, 0.05) is 56.5 Å². The van der Waals surface area contributed by atoms with E-state index >= 15 is 0 Å². The van der Waals surface area contributed by atoms with Crippen LogP contribution in [0.25, 0.3) is 16.7 Å². The molecule has 0 unspecified atom stereocenters. The van der Waals surface area contributed by atoms with Crippen molar-refractivity contribution in [2.45, 2.75) is 38.2 Å². The highest BCUT2D eigenvalue weighted by Gasteiger charge is 2.35. The molecule has 31 heavy (non-hydrogen) atoms. The van der Waals surface area contributed by atoms with E-state index < -0.39 is 5.92 Å². The van der Waals surface area contributed by atoms with Gasteiger partial charge >= 0.3 is 0 Å². The number of rotatable bonds is 4. The van der Waals surface area contributed by atoms with E-state index in [2.05, 4.69) is 20.9 Å². The number of hydrogen-bond acceptors (Lipinski definition) is 4. The first-order valence-electron chi connectivity index (χ1n) is 10.8. The van der Waals surface area contributed by atoms with E-state index in [1.165, 1.54) is 23.9 Å². The highest BCUT2D eigenvalue weighted by molar-refractivity contribution is 5.97. The zero-order valence-electron chi connectivity index (χ0n) is 17.3. The lowest BCUT2D eigenvalue weighted by Gasteiger charge is -2.31. The highest BCUT2D eigenvalue weighted by atomic mass is 19.3. The van der Waals surface area contributed by atoms with Crippen molar-refractivity contribution in [2.75, 3.05) is 26.2 Å². The standard InChI is InChI=1S/C23H25F2N5O/c24-23(25)4-9-29(10-5-23)22(31)19-12-18-3-8-30(21(18)27-14-19)20-11-17(13-26-15-20)16-28-6-1-2-7-28/h3,8,11-15H,1-2,4-7,9-10,16H2. The minimum absolute atomic E-state index is 0.0698. The van der Waals surface area contributed by atoms with Crippen molar-refractivity contribution in [1.82, 2.24) is 24.3 Å². The van der Waals surface area contributed by atoms with Gasteiger partial charge in [-0.2, -0.15) is 0 Å². The van der Waals surface area contributed by atoms with Gasteiger partial charge in [-0.25, -0.2) is 13.8 Å². The summed E-state index contributed by atoms with van der Waals surface area (Å²) in [5.74, 6) is -2.92. The van der Waals surface area contributed by atoms with Crippen LogP contribution in [0.4, 0.5) is 8.78 Å². The molecule has 0 atom stereocenters. The minimum Gasteiger partial charge on any atom is -0.338 e. The average molecular weight is 425 g/mol. The van der Waals surface area contributed by atoms with Gasteiger partial charge in [-0.1, -0.05) is 0 Å². The molecule has 2 fully saturated rings. The van der Waals surface area contributed by atoms with Crippen molar-refractivity contribution in [2.24, 2.45) is 0 Å². The number of carbonyl (C=O) groups excluding carboxylic acids is 1. The Balaban J connectivity index is 1.37. The minimum atomic E-state index is -2.67. The summed E-state index contributed by atoms with van der Waals surface area (Å²) in [5.41, 5.74) is 3.25. The van der Waals surface area contributed by atoms with Crippen LogP contribution in [-0.4, -0.2) is 62.3 Å². The van der Waals surface area contributed by atoms with Crippen molar-refractivity contribution >= 4 is 16.9 Å². The zero-order chi connectivity index (χ0) is 21.4. The van der Waals surface area contributed by atoms with Crippen LogP contribution < -0.4 is 0 Å². The van der Waals surface area contributed by atoms with Crippen LogP contribution in [-0.2, 0) is 6.54 Å². The average Bonchev–Trinajstić information content (AvgIpc) is 3.43. The molecule has 0 spiro atoms. The van der Waals surface area contributed by atoms with E-state index in [1.54, 1.807) is 6.07 Å². The normalized spacial score (nSPS) is 19.2. The zero-order valence-corrected chi connectivity index (χ0v) is 17.3. The second-order valence-corrected chi connectivity index (χ2v) is 8.51. The Kier molecular flexibility index (Phi) is 5.17. The molecule has 2 aliphatic heterocycles. The van der Waals surface area contributed by atoms with Crippen molar-refractivity contribution in [3.8, 4) is 5.69 Å². The molecule has 3 aromatic rings. The number of alkyl halides is 2. The van der Waals surface area contributed by atoms with Gasteiger partial charge in [0.2, 0.25) is 0 Å². The summed E-state index contributed by atoms with van der Waals surface area (Å²) in [6.07, 6.45) is 9.10. The predicted octanol–water partition coefficient (Wildman–Crippen LogP) is 3.89. The molecule has 0 N–H and O–H groups in total. The van der Waals surface area contributed by atoms with Crippen LogP contribution in [0.3, 0.4) is 0 Å². The molecule has 2 aliphatic rings. The first kappa shape index (κ1) is 20.1. The van der Waals surface area contributed by atoms with E-state index in [-0.39, 0.29) is 31.8 Å². The Bertz CT molecular complexity index is 1100.